The Bertz CT molecular complexity index is 1150. The van der Waals surface area contributed by atoms with E-state index in [4.69, 9.17) is 4.74 Å². The van der Waals surface area contributed by atoms with Crippen LogP contribution in [0.15, 0.2) is 35.3 Å². The van der Waals surface area contributed by atoms with Crippen LogP contribution in [0.3, 0.4) is 0 Å². The molecule has 0 radical (unpaired) electrons. The van der Waals surface area contributed by atoms with Crippen LogP contribution in [0.1, 0.15) is 22.4 Å². The molecule has 0 aliphatic rings. The lowest BCUT2D eigenvalue weighted by Gasteiger charge is -2.15. The number of hydrogen-bond acceptors (Lipinski definition) is 3. The molecular weight excluding hydrogens is 395 g/mol. The number of aromatic amines is 1. The van der Waals surface area contributed by atoms with E-state index in [0.717, 1.165) is 24.3 Å². The molecule has 152 valence electrons. The van der Waals surface area contributed by atoms with Gasteiger partial charge in [-0.05, 0) is 39.0 Å². The maximum Gasteiger partial charge on any atom is 0.417 e. The Morgan fingerprint density at radius 1 is 1.03 bits per heavy atom. The van der Waals surface area contributed by atoms with Gasteiger partial charge in [0.1, 0.15) is 5.75 Å². The van der Waals surface area contributed by atoms with Gasteiger partial charge in [0, 0.05) is 29.1 Å². The predicted molar refractivity (Wildman–Crippen MR) is 95.9 cm³/mol. The van der Waals surface area contributed by atoms with Crippen molar-refractivity contribution in [3.05, 3.63) is 74.7 Å². The van der Waals surface area contributed by atoms with E-state index in [1.807, 2.05) is 0 Å². The van der Waals surface area contributed by atoms with Crippen LogP contribution in [-0.4, -0.2) is 9.97 Å². The van der Waals surface area contributed by atoms with E-state index in [0.29, 0.717) is 17.5 Å². The van der Waals surface area contributed by atoms with Crippen LogP contribution in [0.5, 0.6) is 11.6 Å². The second-order valence-corrected chi connectivity index (χ2v) is 6.46. The topological polar surface area (TPSA) is 55.0 Å². The van der Waals surface area contributed by atoms with E-state index in [1.54, 1.807) is 13.8 Å². The molecule has 0 amide bonds. The maximum absolute atomic E-state index is 13.8. The van der Waals surface area contributed by atoms with Crippen molar-refractivity contribution in [2.24, 2.45) is 0 Å². The van der Waals surface area contributed by atoms with Gasteiger partial charge in [-0.25, -0.2) is 13.8 Å². The lowest BCUT2D eigenvalue weighted by molar-refractivity contribution is -0.137. The zero-order valence-corrected chi connectivity index (χ0v) is 15.5. The van der Waals surface area contributed by atoms with Crippen molar-refractivity contribution < 1.29 is 26.7 Å². The molecule has 2 aromatic heterocycles. The van der Waals surface area contributed by atoms with Crippen LogP contribution in [-0.2, 0) is 6.18 Å². The van der Waals surface area contributed by atoms with E-state index in [9.17, 15) is 26.7 Å². The SMILES string of the molecule is Cc1[nH]c(-c2cc(C(F)(F)F)cnc2Oc2ccc(F)c(F)c2C)cc(=O)c1C. The van der Waals surface area contributed by atoms with Gasteiger partial charge in [0.25, 0.3) is 0 Å². The van der Waals surface area contributed by atoms with Crippen LogP contribution in [0.2, 0.25) is 0 Å². The number of benzene rings is 1. The molecular formula is C20H15F5N2O2. The van der Waals surface area contributed by atoms with Crippen LogP contribution in [0.25, 0.3) is 11.3 Å². The number of nitrogens with zero attached hydrogens (tertiary/aromatic N) is 1. The van der Waals surface area contributed by atoms with Crippen LogP contribution in [0, 0.1) is 32.4 Å². The van der Waals surface area contributed by atoms with Crippen LogP contribution in [0.4, 0.5) is 22.0 Å². The molecule has 3 aromatic rings. The number of aromatic nitrogens is 2. The summed E-state index contributed by atoms with van der Waals surface area (Å²) < 4.78 is 72.2. The van der Waals surface area contributed by atoms with Gasteiger partial charge in [0.15, 0.2) is 17.1 Å². The number of aryl methyl sites for hydroxylation is 1. The van der Waals surface area contributed by atoms with E-state index in [1.165, 1.54) is 6.92 Å². The summed E-state index contributed by atoms with van der Waals surface area (Å²) in [5, 5.41) is 0. The Hall–Kier alpha value is -3.23. The average Bonchev–Trinajstić information content (AvgIpc) is 2.65. The summed E-state index contributed by atoms with van der Waals surface area (Å²) in [5.74, 6) is -2.65. The van der Waals surface area contributed by atoms with Gasteiger partial charge in [-0.3, -0.25) is 4.79 Å². The summed E-state index contributed by atoms with van der Waals surface area (Å²) in [6, 6.07) is 3.88. The summed E-state index contributed by atoms with van der Waals surface area (Å²) in [5.41, 5.74) is -0.848. The zero-order chi connectivity index (χ0) is 21.5. The number of ether oxygens (including phenoxy) is 1. The van der Waals surface area contributed by atoms with Gasteiger partial charge >= 0.3 is 6.18 Å². The van der Waals surface area contributed by atoms with Gasteiger partial charge in [-0.2, -0.15) is 13.2 Å². The van der Waals surface area contributed by atoms with Gasteiger partial charge in [0.2, 0.25) is 5.88 Å². The quantitative estimate of drug-likeness (QED) is 0.584. The first-order valence-electron chi connectivity index (χ1n) is 8.39. The van der Waals surface area contributed by atoms with Crippen molar-refractivity contribution >= 4 is 0 Å². The molecule has 4 nitrogen and oxygen atoms in total. The van der Waals surface area contributed by atoms with Gasteiger partial charge < -0.3 is 9.72 Å². The third kappa shape index (κ3) is 3.98. The molecule has 0 saturated heterocycles. The molecule has 0 bridgehead atoms. The average molecular weight is 410 g/mol. The second kappa shape index (κ2) is 7.31. The number of pyridine rings is 2. The van der Waals surface area contributed by atoms with Gasteiger partial charge in [-0.15, -0.1) is 0 Å². The summed E-state index contributed by atoms with van der Waals surface area (Å²) in [6.07, 6.45) is -4.12. The minimum atomic E-state index is -4.68. The number of halogens is 5. The summed E-state index contributed by atoms with van der Waals surface area (Å²) in [6.45, 7) is 4.43. The Morgan fingerprint density at radius 3 is 2.34 bits per heavy atom. The van der Waals surface area contributed by atoms with Crippen molar-refractivity contribution in [1.82, 2.24) is 9.97 Å². The Balaban J connectivity index is 2.20. The van der Waals surface area contributed by atoms with Gasteiger partial charge in [-0.1, -0.05) is 0 Å². The van der Waals surface area contributed by atoms with Crippen molar-refractivity contribution in [3.8, 4) is 22.9 Å². The minimum absolute atomic E-state index is 0.0481. The smallest absolute Gasteiger partial charge is 0.417 e. The molecule has 0 fully saturated rings. The molecule has 0 spiro atoms. The first kappa shape index (κ1) is 20.5. The minimum Gasteiger partial charge on any atom is -0.438 e. The highest BCUT2D eigenvalue weighted by Crippen LogP contribution is 2.37. The van der Waals surface area contributed by atoms with Crippen molar-refractivity contribution in [1.29, 1.82) is 0 Å². The number of rotatable bonds is 3. The molecule has 1 aromatic carbocycles. The molecule has 0 saturated carbocycles. The molecule has 9 heteroatoms. The first-order chi connectivity index (χ1) is 13.5. The first-order valence-corrected chi connectivity index (χ1v) is 8.39. The molecule has 0 atom stereocenters. The number of nitrogens with one attached hydrogen (secondary N) is 1. The van der Waals surface area contributed by atoms with Crippen molar-refractivity contribution in [2.45, 2.75) is 26.9 Å². The highest BCUT2D eigenvalue weighted by Gasteiger charge is 2.32. The normalized spacial score (nSPS) is 11.6. The molecule has 0 unspecified atom stereocenters. The monoisotopic (exact) mass is 410 g/mol. The Morgan fingerprint density at radius 2 is 1.72 bits per heavy atom. The Kier molecular flexibility index (Phi) is 5.16. The summed E-state index contributed by atoms with van der Waals surface area (Å²) >= 11 is 0. The maximum atomic E-state index is 13.8. The van der Waals surface area contributed by atoms with Crippen molar-refractivity contribution in [3.63, 3.8) is 0 Å². The fourth-order valence-corrected chi connectivity index (χ4v) is 2.63. The highest BCUT2D eigenvalue weighted by molar-refractivity contribution is 5.67. The molecule has 3 rings (SSSR count). The second-order valence-electron chi connectivity index (χ2n) is 6.46. The highest BCUT2D eigenvalue weighted by atomic mass is 19.4. The fraction of sp³-hybridized carbons (Fsp3) is 0.200. The lowest BCUT2D eigenvalue weighted by atomic mass is 10.1. The van der Waals surface area contributed by atoms with E-state index < -0.39 is 23.4 Å². The van der Waals surface area contributed by atoms with Crippen LogP contribution >= 0.6 is 0 Å². The number of H-pyrrole nitrogens is 1. The molecule has 2 heterocycles. The number of alkyl halides is 3. The van der Waals surface area contributed by atoms with E-state index in [2.05, 4.69) is 9.97 Å². The Labute approximate surface area is 162 Å². The standard InChI is InChI=1S/C20H15F5N2O2/c1-9-11(3)27-15(7-16(9)28)13-6-12(20(23,24)25)8-26-19(13)29-17-5-4-14(21)18(22)10(17)2/h4-8H,1-3H3,(H,27,28). The van der Waals surface area contributed by atoms with Crippen molar-refractivity contribution in [2.75, 3.05) is 0 Å². The molecule has 0 aliphatic carbocycles. The largest absolute Gasteiger partial charge is 0.438 e. The third-order valence-electron chi connectivity index (χ3n) is 4.49. The van der Waals surface area contributed by atoms with E-state index >= 15 is 0 Å². The fourth-order valence-electron chi connectivity index (χ4n) is 2.63. The summed E-state index contributed by atoms with van der Waals surface area (Å²) in [4.78, 5) is 18.7. The molecule has 0 aliphatic heterocycles. The molecule has 1 N–H and O–H groups in total. The van der Waals surface area contributed by atoms with Gasteiger partial charge in [0.05, 0.1) is 16.8 Å². The van der Waals surface area contributed by atoms with E-state index in [-0.39, 0.29) is 33.9 Å². The zero-order valence-electron chi connectivity index (χ0n) is 15.5. The third-order valence-corrected chi connectivity index (χ3v) is 4.49. The molecule has 29 heavy (non-hydrogen) atoms. The summed E-state index contributed by atoms with van der Waals surface area (Å²) in [7, 11) is 0. The van der Waals surface area contributed by atoms with Crippen LogP contribution < -0.4 is 10.2 Å². The lowest BCUT2D eigenvalue weighted by Crippen LogP contribution is -2.10. The predicted octanol–water partition coefficient (Wildman–Crippen LogP) is 5.45. The number of hydrogen-bond donors (Lipinski definition) is 1.